The lowest BCUT2D eigenvalue weighted by Crippen LogP contribution is -2.16. The Morgan fingerprint density at radius 1 is 1.08 bits per heavy atom. The van der Waals surface area contributed by atoms with Crippen molar-refractivity contribution in [1.82, 2.24) is 0 Å². The van der Waals surface area contributed by atoms with Crippen molar-refractivity contribution in [2.75, 3.05) is 0 Å². The molecule has 0 saturated heterocycles. The van der Waals surface area contributed by atoms with Gasteiger partial charge in [0.25, 0.3) is 0 Å². The van der Waals surface area contributed by atoms with Crippen LogP contribution >= 0.6 is 15.9 Å². The minimum atomic E-state index is 0.537. The molecule has 1 spiro atoms. The van der Waals surface area contributed by atoms with E-state index in [-0.39, 0.29) is 0 Å². The van der Waals surface area contributed by atoms with Crippen molar-refractivity contribution in [3.63, 3.8) is 0 Å². The Balaban J connectivity index is 1.93. The van der Waals surface area contributed by atoms with Crippen molar-refractivity contribution in [2.45, 2.75) is 49.3 Å². The number of fused-ring (bicyclic) bond motifs is 1. The number of halogens is 1. The topological polar surface area (TPSA) is 0 Å². The molecule has 0 aromatic carbocycles. The summed E-state index contributed by atoms with van der Waals surface area (Å²) < 4.78 is 0.537. The Labute approximate surface area is 88.9 Å². The number of rotatable bonds is 0. The van der Waals surface area contributed by atoms with Gasteiger partial charge < -0.3 is 0 Å². The predicted octanol–water partition coefficient (Wildman–Crippen LogP) is 4.05. The maximum Gasteiger partial charge on any atom is 0.0388 e. The van der Waals surface area contributed by atoms with Gasteiger partial charge in [0, 0.05) is 4.32 Å². The van der Waals surface area contributed by atoms with Crippen LogP contribution in [0.4, 0.5) is 0 Å². The van der Waals surface area contributed by atoms with E-state index in [1.807, 2.05) is 0 Å². The van der Waals surface area contributed by atoms with E-state index in [1.165, 1.54) is 44.9 Å². The summed E-state index contributed by atoms with van der Waals surface area (Å²) in [6, 6.07) is 0. The van der Waals surface area contributed by atoms with Crippen molar-refractivity contribution in [2.24, 2.45) is 11.3 Å². The van der Waals surface area contributed by atoms with E-state index in [0.717, 1.165) is 5.92 Å². The van der Waals surface area contributed by atoms with Gasteiger partial charge in [0.1, 0.15) is 0 Å². The molecule has 0 aromatic heterocycles. The van der Waals surface area contributed by atoms with Crippen molar-refractivity contribution >= 4 is 15.9 Å². The molecule has 0 N–H and O–H groups in total. The van der Waals surface area contributed by atoms with Crippen molar-refractivity contribution in [3.05, 3.63) is 12.2 Å². The highest BCUT2D eigenvalue weighted by Crippen LogP contribution is 2.77. The Hall–Kier alpha value is 0.220. The summed E-state index contributed by atoms with van der Waals surface area (Å²) in [4.78, 5) is 0. The van der Waals surface area contributed by atoms with Crippen LogP contribution in [-0.2, 0) is 0 Å². The van der Waals surface area contributed by atoms with Gasteiger partial charge in [0.2, 0.25) is 0 Å². The number of alkyl halides is 1. The molecule has 0 nitrogen and oxygen atoms in total. The molecule has 1 heteroatoms. The van der Waals surface area contributed by atoms with Crippen LogP contribution in [0.15, 0.2) is 12.2 Å². The summed E-state index contributed by atoms with van der Waals surface area (Å²) >= 11 is 4.03. The third kappa shape index (κ3) is 0.921. The van der Waals surface area contributed by atoms with Gasteiger partial charge in [-0.15, -0.1) is 0 Å². The molecule has 3 rings (SSSR count). The van der Waals surface area contributed by atoms with Gasteiger partial charge in [-0.2, -0.15) is 0 Å². The first-order valence-corrected chi connectivity index (χ1v) is 6.43. The zero-order chi connectivity index (χ0) is 8.94. The van der Waals surface area contributed by atoms with Crippen LogP contribution in [0.5, 0.6) is 0 Å². The van der Waals surface area contributed by atoms with Crippen LogP contribution in [0.25, 0.3) is 0 Å². The quantitative estimate of drug-likeness (QED) is 0.443. The van der Waals surface area contributed by atoms with E-state index >= 15 is 0 Å². The van der Waals surface area contributed by atoms with Crippen molar-refractivity contribution in [1.29, 1.82) is 0 Å². The summed E-state index contributed by atoms with van der Waals surface area (Å²) in [6.07, 6.45) is 14.8. The van der Waals surface area contributed by atoms with Crippen LogP contribution < -0.4 is 0 Å². The SMILES string of the molecule is Br[C@]12CC=CC[C@]13CCCCC[C@@H]32. The van der Waals surface area contributed by atoms with Crippen LogP contribution in [-0.4, -0.2) is 4.32 Å². The Bertz CT molecular complexity index is 258. The lowest BCUT2D eigenvalue weighted by molar-refractivity contribution is 0.403. The second-order valence-corrected chi connectivity index (χ2v) is 6.47. The molecule has 0 unspecified atom stereocenters. The number of hydrogen-bond donors (Lipinski definition) is 0. The maximum absolute atomic E-state index is 4.03. The van der Waals surface area contributed by atoms with Crippen LogP contribution in [0.1, 0.15) is 44.9 Å². The number of allylic oxidation sites excluding steroid dienone is 2. The summed E-state index contributed by atoms with van der Waals surface area (Å²) in [5, 5.41) is 0. The summed E-state index contributed by atoms with van der Waals surface area (Å²) in [7, 11) is 0. The van der Waals surface area contributed by atoms with Gasteiger partial charge in [-0.25, -0.2) is 0 Å². The Morgan fingerprint density at radius 3 is 2.85 bits per heavy atom. The van der Waals surface area contributed by atoms with Crippen molar-refractivity contribution in [3.8, 4) is 0 Å². The smallest absolute Gasteiger partial charge is 0.0388 e. The van der Waals surface area contributed by atoms with E-state index in [9.17, 15) is 0 Å². The summed E-state index contributed by atoms with van der Waals surface area (Å²) in [5.41, 5.74) is 0.693. The molecule has 2 saturated carbocycles. The van der Waals surface area contributed by atoms with Crippen molar-refractivity contribution < 1.29 is 0 Å². The van der Waals surface area contributed by atoms with Crippen LogP contribution in [0.3, 0.4) is 0 Å². The second-order valence-electron chi connectivity index (χ2n) is 5.05. The lowest BCUT2D eigenvalue weighted by Gasteiger charge is -2.22. The monoisotopic (exact) mass is 240 g/mol. The Kier molecular flexibility index (Phi) is 1.72. The molecule has 13 heavy (non-hydrogen) atoms. The molecule has 3 aliphatic rings. The molecular weight excluding hydrogens is 224 g/mol. The minimum Gasteiger partial charge on any atom is -0.0879 e. The third-order valence-electron chi connectivity index (χ3n) is 4.64. The van der Waals surface area contributed by atoms with Crippen LogP contribution in [0.2, 0.25) is 0 Å². The average molecular weight is 241 g/mol. The molecule has 2 fully saturated rings. The zero-order valence-electron chi connectivity index (χ0n) is 8.06. The van der Waals surface area contributed by atoms with E-state index in [4.69, 9.17) is 0 Å². The average Bonchev–Trinajstić information content (AvgIpc) is 2.72. The molecule has 3 atom stereocenters. The van der Waals surface area contributed by atoms with Gasteiger partial charge in [0.05, 0.1) is 0 Å². The van der Waals surface area contributed by atoms with Gasteiger partial charge in [0.15, 0.2) is 0 Å². The van der Waals surface area contributed by atoms with E-state index in [0.29, 0.717) is 9.74 Å². The summed E-state index contributed by atoms with van der Waals surface area (Å²) in [6.45, 7) is 0. The second kappa shape index (κ2) is 2.62. The fraction of sp³-hybridized carbons (Fsp3) is 0.833. The van der Waals surface area contributed by atoms with Gasteiger partial charge in [-0.3, -0.25) is 0 Å². The molecule has 0 aromatic rings. The molecule has 0 bridgehead atoms. The molecule has 3 aliphatic carbocycles. The van der Waals surface area contributed by atoms with Crippen LogP contribution in [0, 0.1) is 11.3 Å². The maximum atomic E-state index is 4.03. The van der Waals surface area contributed by atoms with Gasteiger partial charge in [-0.05, 0) is 37.0 Å². The van der Waals surface area contributed by atoms with Gasteiger partial charge in [-0.1, -0.05) is 47.3 Å². The molecule has 0 radical (unpaired) electrons. The molecular formula is C12H17Br. The van der Waals surface area contributed by atoms with Gasteiger partial charge >= 0.3 is 0 Å². The Morgan fingerprint density at radius 2 is 1.92 bits per heavy atom. The molecule has 72 valence electrons. The predicted molar refractivity (Wildman–Crippen MR) is 59.0 cm³/mol. The first kappa shape index (κ1) is 8.52. The molecule has 0 amide bonds. The van der Waals surface area contributed by atoms with E-state index in [1.54, 1.807) is 0 Å². The standard InChI is InChI=1S/C12H17Br/c13-12-9-5-4-8-11(12)7-3-1-2-6-10(11)12/h4-5,10H,1-3,6-9H2/t10-,11-,12-/m0/s1. The first-order chi connectivity index (χ1) is 6.30. The van der Waals surface area contributed by atoms with E-state index in [2.05, 4.69) is 28.1 Å². The largest absolute Gasteiger partial charge is 0.0879 e. The molecule has 0 aliphatic heterocycles. The highest BCUT2D eigenvalue weighted by molar-refractivity contribution is 9.10. The summed E-state index contributed by atoms with van der Waals surface area (Å²) in [5.74, 6) is 0.998. The fourth-order valence-electron chi connectivity index (χ4n) is 3.88. The normalized spacial score (nSPS) is 53.5. The highest BCUT2D eigenvalue weighted by Gasteiger charge is 2.73. The number of hydrogen-bond acceptors (Lipinski definition) is 0. The minimum absolute atomic E-state index is 0.537. The first-order valence-electron chi connectivity index (χ1n) is 5.64. The third-order valence-corrected chi connectivity index (χ3v) is 6.31. The fourth-order valence-corrected chi connectivity index (χ4v) is 5.25. The highest BCUT2D eigenvalue weighted by atomic mass is 79.9. The molecule has 0 heterocycles. The lowest BCUT2D eigenvalue weighted by atomic mass is 9.88. The zero-order valence-corrected chi connectivity index (χ0v) is 9.65. The van der Waals surface area contributed by atoms with E-state index < -0.39 is 0 Å².